The summed E-state index contributed by atoms with van der Waals surface area (Å²) in [7, 11) is 0. The zero-order valence-corrected chi connectivity index (χ0v) is 14.0. The van der Waals surface area contributed by atoms with Gasteiger partial charge in [0.25, 0.3) is 5.91 Å². The van der Waals surface area contributed by atoms with Crippen LogP contribution in [-0.4, -0.2) is 24.3 Å². The molecule has 8 heteroatoms. The molecule has 2 aromatic carbocycles. The SMILES string of the molecule is Cc1ccc(NC(=O)[C@@H](C)OC(=O)c2ccc(OC(F)(F)F)cc2)cc1. The van der Waals surface area contributed by atoms with Gasteiger partial charge in [-0.1, -0.05) is 17.7 Å². The molecule has 0 bridgehead atoms. The highest BCUT2D eigenvalue weighted by atomic mass is 19.4. The Morgan fingerprint density at radius 1 is 1.00 bits per heavy atom. The summed E-state index contributed by atoms with van der Waals surface area (Å²) in [5.41, 5.74) is 1.58. The number of halogens is 3. The number of hydrogen-bond donors (Lipinski definition) is 1. The van der Waals surface area contributed by atoms with E-state index in [0.29, 0.717) is 5.69 Å². The van der Waals surface area contributed by atoms with Crippen LogP contribution in [0.1, 0.15) is 22.8 Å². The van der Waals surface area contributed by atoms with Crippen molar-refractivity contribution >= 4 is 17.6 Å². The van der Waals surface area contributed by atoms with Crippen molar-refractivity contribution in [2.45, 2.75) is 26.3 Å². The lowest BCUT2D eigenvalue weighted by molar-refractivity contribution is -0.274. The number of carbonyl (C=O) groups excluding carboxylic acids is 2. The van der Waals surface area contributed by atoms with E-state index in [9.17, 15) is 22.8 Å². The third-order valence-electron chi connectivity index (χ3n) is 3.30. The minimum absolute atomic E-state index is 0.00508. The predicted molar refractivity (Wildman–Crippen MR) is 87.8 cm³/mol. The van der Waals surface area contributed by atoms with E-state index in [-0.39, 0.29) is 5.56 Å². The van der Waals surface area contributed by atoms with E-state index >= 15 is 0 Å². The maximum absolute atomic E-state index is 12.1. The zero-order chi connectivity index (χ0) is 19.3. The second kappa shape index (κ2) is 7.90. The van der Waals surface area contributed by atoms with Crippen molar-refractivity contribution in [3.05, 3.63) is 59.7 Å². The molecule has 2 aromatic rings. The van der Waals surface area contributed by atoms with E-state index < -0.39 is 30.1 Å². The second-order valence-electron chi connectivity index (χ2n) is 5.47. The molecule has 2 rings (SSSR count). The van der Waals surface area contributed by atoms with Crippen LogP contribution < -0.4 is 10.1 Å². The van der Waals surface area contributed by atoms with Crippen molar-refractivity contribution in [3.63, 3.8) is 0 Å². The van der Waals surface area contributed by atoms with Gasteiger partial charge < -0.3 is 14.8 Å². The number of amides is 1. The Hall–Kier alpha value is -3.03. The quantitative estimate of drug-likeness (QED) is 0.809. The van der Waals surface area contributed by atoms with E-state index in [0.717, 1.165) is 29.8 Å². The van der Waals surface area contributed by atoms with E-state index in [1.54, 1.807) is 12.1 Å². The summed E-state index contributed by atoms with van der Waals surface area (Å²) in [6.45, 7) is 3.30. The van der Waals surface area contributed by atoms with Crippen LogP contribution >= 0.6 is 0 Å². The maximum Gasteiger partial charge on any atom is 0.573 e. The molecule has 0 spiro atoms. The van der Waals surface area contributed by atoms with Crippen LogP contribution in [0.2, 0.25) is 0 Å². The van der Waals surface area contributed by atoms with Crippen LogP contribution in [0.25, 0.3) is 0 Å². The van der Waals surface area contributed by atoms with Gasteiger partial charge in [-0.2, -0.15) is 0 Å². The number of anilines is 1. The smallest absolute Gasteiger partial charge is 0.449 e. The topological polar surface area (TPSA) is 64.6 Å². The lowest BCUT2D eigenvalue weighted by Gasteiger charge is -2.14. The average Bonchev–Trinajstić information content (AvgIpc) is 2.56. The molecule has 26 heavy (non-hydrogen) atoms. The molecule has 0 saturated carbocycles. The van der Waals surface area contributed by atoms with Gasteiger partial charge in [0.1, 0.15) is 5.75 Å². The molecule has 1 N–H and O–H groups in total. The second-order valence-corrected chi connectivity index (χ2v) is 5.47. The van der Waals surface area contributed by atoms with Crippen LogP contribution in [0.5, 0.6) is 5.75 Å². The molecule has 0 fully saturated rings. The molecular formula is C18H16F3NO4. The van der Waals surface area contributed by atoms with Crippen LogP contribution in [-0.2, 0) is 9.53 Å². The van der Waals surface area contributed by atoms with Crippen molar-refractivity contribution in [3.8, 4) is 5.75 Å². The minimum atomic E-state index is -4.81. The third-order valence-corrected chi connectivity index (χ3v) is 3.30. The average molecular weight is 367 g/mol. The number of carbonyl (C=O) groups is 2. The number of aryl methyl sites for hydroxylation is 1. The molecule has 1 amide bonds. The van der Waals surface area contributed by atoms with Gasteiger partial charge >= 0.3 is 12.3 Å². The summed E-state index contributed by atoms with van der Waals surface area (Å²) >= 11 is 0. The van der Waals surface area contributed by atoms with Gasteiger partial charge in [-0.05, 0) is 50.2 Å². The van der Waals surface area contributed by atoms with E-state index in [4.69, 9.17) is 4.74 Å². The monoisotopic (exact) mass is 367 g/mol. The molecule has 1 atom stereocenters. The van der Waals surface area contributed by atoms with Gasteiger partial charge in [-0.25, -0.2) is 4.79 Å². The summed E-state index contributed by atoms with van der Waals surface area (Å²) in [5, 5.41) is 2.60. The molecule has 0 unspecified atom stereocenters. The van der Waals surface area contributed by atoms with Gasteiger partial charge in [-0.15, -0.1) is 13.2 Å². The molecule has 0 saturated heterocycles. The minimum Gasteiger partial charge on any atom is -0.449 e. The van der Waals surface area contributed by atoms with E-state index in [2.05, 4.69) is 10.1 Å². The number of alkyl halides is 3. The number of rotatable bonds is 5. The lowest BCUT2D eigenvalue weighted by Crippen LogP contribution is -2.30. The lowest BCUT2D eigenvalue weighted by atomic mass is 10.2. The largest absolute Gasteiger partial charge is 0.573 e. The Morgan fingerprint density at radius 2 is 1.58 bits per heavy atom. The molecule has 0 aliphatic carbocycles. The van der Waals surface area contributed by atoms with Crippen LogP contribution in [0.3, 0.4) is 0 Å². The Balaban J connectivity index is 1.93. The van der Waals surface area contributed by atoms with E-state index in [1.165, 1.54) is 6.92 Å². The molecule has 0 heterocycles. The predicted octanol–water partition coefficient (Wildman–Crippen LogP) is 4.08. The van der Waals surface area contributed by atoms with Gasteiger partial charge in [0.05, 0.1) is 5.56 Å². The number of hydrogen-bond acceptors (Lipinski definition) is 4. The highest BCUT2D eigenvalue weighted by molar-refractivity contribution is 5.97. The number of benzene rings is 2. The van der Waals surface area contributed by atoms with Gasteiger partial charge in [-0.3, -0.25) is 4.79 Å². The fourth-order valence-corrected chi connectivity index (χ4v) is 1.96. The Bertz CT molecular complexity index is 771. The highest BCUT2D eigenvalue weighted by Gasteiger charge is 2.31. The first kappa shape index (κ1) is 19.3. The maximum atomic E-state index is 12.1. The zero-order valence-electron chi connectivity index (χ0n) is 14.0. The third kappa shape index (κ3) is 5.80. The summed E-state index contributed by atoms with van der Waals surface area (Å²) in [4.78, 5) is 24.0. The number of nitrogens with one attached hydrogen (secondary N) is 1. The van der Waals surface area contributed by atoms with Crippen molar-refractivity contribution in [1.29, 1.82) is 0 Å². The Labute approximate surface area is 147 Å². The number of esters is 1. The molecule has 0 radical (unpaired) electrons. The molecular weight excluding hydrogens is 351 g/mol. The first-order valence-corrected chi connectivity index (χ1v) is 7.58. The Morgan fingerprint density at radius 3 is 2.12 bits per heavy atom. The first-order chi connectivity index (χ1) is 12.1. The van der Waals surface area contributed by atoms with Crippen LogP contribution in [0.15, 0.2) is 48.5 Å². The van der Waals surface area contributed by atoms with Gasteiger partial charge in [0, 0.05) is 5.69 Å². The molecule has 0 aliphatic rings. The summed E-state index contributed by atoms with van der Waals surface area (Å²) in [5.74, 6) is -1.83. The van der Waals surface area contributed by atoms with Gasteiger partial charge in [0.15, 0.2) is 6.10 Å². The number of ether oxygens (including phenoxy) is 2. The highest BCUT2D eigenvalue weighted by Crippen LogP contribution is 2.23. The fraction of sp³-hybridized carbons (Fsp3) is 0.222. The molecule has 5 nitrogen and oxygen atoms in total. The van der Waals surface area contributed by atoms with E-state index in [1.807, 2.05) is 19.1 Å². The van der Waals surface area contributed by atoms with Crippen molar-refractivity contribution < 1.29 is 32.2 Å². The summed E-state index contributed by atoms with van der Waals surface area (Å²) in [6.07, 6.45) is -5.90. The van der Waals surface area contributed by atoms with Crippen molar-refractivity contribution in [2.75, 3.05) is 5.32 Å². The van der Waals surface area contributed by atoms with Crippen LogP contribution in [0.4, 0.5) is 18.9 Å². The molecule has 0 aliphatic heterocycles. The van der Waals surface area contributed by atoms with Gasteiger partial charge in [0.2, 0.25) is 0 Å². The Kier molecular flexibility index (Phi) is 5.86. The van der Waals surface area contributed by atoms with Crippen LogP contribution in [0, 0.1) is 6.92 Å². The first-order valence-electron chi connectivity index (χ1n) is 7.58. The molecule has 138 valence electrons. The standard InChI is InChI=1S/C18H16F3NO4/c1-11-3-7-14(8-4-11)22-16(23)12(2)25-17(24)13-5-9-15(10-6-13)26-18(19,20)21/h3-10,12H,1-2H3,(H,22,23)/t12-/m1/s1. The normalized spacial score (nSPS) is 12.2. The fourth-order valence-electron chi connectivity index (χ4n) is 1.96. The van der Waals surface area contributed by atoms with Crippen molar-refractivity contribution in [2.24, 2.45) is 0 Å². The molecule has 0 aromatic heterocycles. The van der Waals surface area contributed by atoms with Crippen molar-refractivity contribution in [1.82, 2.24) is 0 Å². The summed E-state index contributed by atoms with van der Waals surface area (Å²) in [6, 6.07) is 11.3. The summed E-state index contributed by atoms with van der Waals surface area (Å²) < 4.78 is 45.0.